The minimum atomic E-state index is -0.737. The highest BCUT2D eigenvalue weighted by molar-refractivity contribution is 14.2. The van der Waals surface area contributed by atoms with Crippen molar-refractivity contribution in [2.24, 2.45) is 0 Å². The molecule has 146 valence electrons. The van der Waals surface area contributed by atoms with Gasteiger partial charge in [0.2, 0.25) is 0 Å². The Labute approximate surface area is 169 Å². The van der Waals surface area contributed by atoms with Crippen LogP contribution in [0.3, 0.4) is 0 Å². The van der Waals surface area contributed by atoms with E-state index in [1.807, 2.05) is 0 Å². The maximum atomic E-state index is 12.4. The topological polar surface area (TPSA) is 117 Å². The van der Waals surface area contributed by atoms with Gasteiger partial charge in [0.05, 0.1) is 29.5 Å². The van der Waals surface area contributed by atoms with E-state index in [9.17, 15) is 19.7 Å². The number of benzene rings is 1. The van der Waals surface area contributed by atoms with E-state index in [1.165, 1.54) is 24.7 Å². The fraction of sp³-hybridized carbons (Fsp3) is 0.400. The van der Waals surface area contributed by atoms with Crippen LogP contribution in [0, 0.1) is 10.1 Å². The summed E-state index contributed by atoms with van der Waals surface area (Å²) in [5.41, 5.74) is -0.709. The summed E-state index contributed by atoms with van der Waals surface area (Å²) in [6.07, 6.45) is -0.614. The highest BCUT2D eigenvalue weighted by atomic mass is 127. The molecule has 1 heterocycles. The van der Waals surface area contributed by atoms with Gasteiger partial charge in [0, 0.05) is 13.1 Å². The molecule has 12 heteroatoms. The third kappa shape index (κ3) is 4.46. The van der Waals surface area contributed by atoms with Gasteiger partial charge < -0.3 is 9.47 Å². The molecule has 0 aliphatic carbocycles. The summed E-state index contributed by atoms with van der Waals surface area (Å²) in [7, 11) is 2.62. The van der Waals surface area contributed by atoms with Crippen LogP contribution in [0.5, 0.6) is 0 Å². The van der Waals surface area contributed by atoms with E-state index < -0.39 is 22.6 Å². The molecule has 1 atom stereocenters. The summed E-state index contributed by atoms with van der Waals surface area (Å²) in [5, 5.41) is 16.1. The van der Waals surface area contributed by atoms with Gasteiger partial charge in [-0.1, -0.05) is 0 Å². The largest absolute Gasteiger partial charge is 0.465 e. The number of non-ortho nitro benzene ring substituents is 1. The lowest BCUT2D eigenvalue weighted by atomic mass is 10.1. The molecule has 1 unspecified atom stereocenters. The van der Waals surface area contributed by atoms with E-state index in [2.05, 4.69) is 31.9 Å². The van der Waals surface area contributed by atoms with Gasteiger partial charge in [-0.25, -0.2) is 14.0 Å². The van der Waals surface area contributed by atoms with Gasteiger partial charge in [-0.3, -0.25) is 15.0 Å². The minimum Gasteiger partial charge on any atom is -0.465 e. The number of esters is 1. The molecule has 0 aliphatic rings. The predicted octanol–water partition coefficient (Wildman–Crippen LogP) is 3.89. The molecule has 10 nitrogen and oxygen atoms in total. The van der Waals surface area contributed by atoms with Crippen LogP contribution in [-0.2, 0) is 9.47 Å². The second-order valence-electron chi connectivity index (χ2n) is 6.50. The van der Waals surface area contributed by atoms with Crippen LogP contribution in [-0.4, -0.2) is 46.3 Å². The van der Waals surface area contributed by atoms with Crippen LogP contribution >= 0.6 is 28.4 Å². The van der Waals surface area contributed by atoms with Crippen molar-refractivity contribution in [3.63, 3.8) is 0 Å². The molecule has 0 saturated carbocycles. The number of rotatable bonds is 4. The molecule has 1 aromatic heterocycles. The molecule has 0 spiro atoms. The Morgan fingerprint density at radius 1 is 1.37 bits per heavy atom. The van der Waals surface area contributed by atoms with E-state index in [1.54, 1.807) is 20.8 Å². The molecule has 1 amide bonds. The normalized spacial score (nSPS) is 11.8. The van der Waals surface area contributed by atoms with Gasteiger partial charge in [-0.2, -0.15) is 0 Å². The summed E-state index contributed by atoms with van der Waals surface area (Å²) in [6.45, 7) is 5.15. The molecule has 0 N–H and O–H groups in total. The van der Waals surface area contributed by atoms with E-state index in [0.29, 0.717) is 5.52 Å². The van der Waals surface area contributed by atoms with Crippen LogP contribution in [0.15, 0.2) is 12.1 Å². The molecule has 0 bridgehead atoms. The molecule has 2 aromatic rings. The summed E-state index contributed by atoms with van der Waals surface area (Å²) in [5.74, 6) is -0.627. The number of nitro groups is 1. The fourth-order valence-electron chi connectivity index (χ4n) is 2.30. The smallest absolute Gasteiger partial charge is 0.415 e. The Morgan fingerprint density at radius 3 is 2.48 bits per heavy atom. The van der Waals surface area contributed by atoms with Crippen molar-refractivity contribution in [1.82, 2.24) is 9.55 Å². The van der Waals surface area contributed by atoms with Gasteiger partial charge >= 0.3 is 12.1 Å². The zero-order valence-corrected chi connectivity index (χ0v) is 18.4. The van der Waals surface area contributed by atoms with Crippen LogP contribution in [0.1, 0.15) is 31.1 Å². The fourth-order valence-corrected chi connectivity index (χ4v) is 3.81. The third-order valence-electron chi connectivity index (χ3n) is 3.43. The molecule has 1 aromatic carbocycles. The van der Waals surface area contributed by atoms with Crippen molar-refractivity contribution in [3.05, 3.63) is 27.8 Å². The Morgan fingerprint density at radius 2 is 2.00 bits per heavy atom. The van der Waals surface area contributed by atoms with Crippen molar-refractivity contribution < 1.29 is 24.0 Å². The number of hydrogen-bond acceptors (Lipinski definition) is 7. The first-order chi connectivity index (χ1) is 12.5. The Kier molecular flexibility index (Phi) is 6.25. The first-order valence-corrected chi connectivity index (χ1v) is 11.7. The number of aromatic nitrogens is 2. The number of hydrogen-bond donors (Lipinski definition) is 0. The molecule has 27 heavy (non-hydrogen) atoms. The number of fused-ring (bicyclic) bond motifs is 1. The number of carbonyl (C=O) groups excluding carboxylic acids is 2. The monoisotopic (exact) mass is 508 g/mol. The molecule has 0 saturated heterocycles. The number of anilines is 1. The SMILES string of the molecule is COC(=O)c1cc([N+](=O)[O-])c2c(N(C)C(=O)OC(C)(C)C)nn(PI)c2c1. The Hall–Kier alpha value is -2.01. The van der Waals surface area contributed by atoms with Gasteiger partial charge in [0.25, 0.3) is 5.69 Å². The van der Waals surface area contributed by atoms with E-state index >= 15 is 0 Å². The van der Waals surface area contributed by atoms with Crippen molar-refractivity contribution >= 4 is 62.9 Å². The molecule has 0 fully saturated rings. The van der Waals surface area contributed by atoms with Crippen molar-refractivity contribution in [1.29, 1.82) is 0 Å². The number of carbonyl (C=O) groups is 2. The van der Waals surface area contributed by atoms with Crippen LogP contribution < -0.4 is 4.90 Å². The Bertz CT molecular complexity index is 923. The summed E-state index contributed by atoms with van der Waals surface area (Å²) < 4.78 is 11.5. The maximum Gasteiger partial charge on any atom is 0.415 e. The number of amides is 1. The molecular formula is C15H18IN4O6P. The highest BCUT2D eigenvalue weighted by Crippen LogP contribution is 2.40. The maximum absolute atomic E-state index is 12.4. The van der Waals surface area contributed by atoms with Gasteiger partial charge in [0.1, 0.15) is 11.0 Å². The van der Waals surface area contributed by atoms with E-state index in [0.717, 1.165) is 11.0 Å². The Balaban J connectivity index is 2.73. The average Bonchev–Trinajstić information content (AvgIpc) is 2.96. The number of nitro benzene ring substituents is 1. The summed E-state index contributed by atoms with van der Waals surface area (Å²) in [6, 6.07) is 2.57. The van der Waals surface area contributed by atoms with Crippen molar-refractivity contribution in [3.8, 4) is 0 Å². The number of methoxy groups -OCH3 is 1. The standard InChI is InChI=1S/C15H18IN4O6P/c1-15(2,3)26-14(22)18(4)12-11-9(19(17-12)27-16)6-8(13(21)25-5)7-10(11)20(23)24/h6-7,27H,1-5H3. The number of nitrogens with zero attached hydrogens (tertiary/aromatic N) is 4. The minimum absolute atomic E-state index is 0.0268. The van der Waals surface area contributed by atoms with Gasteiger partial charge in [-0.15, -0.1) is 5.10 Å². The van der Waals surface area contributed by atoms with Crippen molar-refractivity contribution in [2.45, 2.75) is 26.4 Å². The molecule has 2 rings (SSSR count). The zero-order chi connectivity index (χ0) is 20.5. The van der Waals surface area contributed by atoms with E-state index in [-0.39, 0.29) is 28.8 Å². The van der Waals surface area contributed by atoms with Crippen LogP contribution in [0.25, 0.3) is 10.9 Å². The van der Waals surface area contributed by atoms with Crippen molar-refractivity contribution in [2.75, 3.05) is 19.1 Å². The number of ether oxygens (including phenoxy) is 2. The lowest BCUT2D eigenvalue weighted by molar-refractivity contribution is -0.383. The van der Waals surface area contributed by atoms with E-state index in [4.69, 9.17) is 4.74 Å². The first kappa shape index (κ1) is 21.3. The number of halogens is 1. The van der Waals surface area contributed by atoms with Crippen LogP contribution in [0.4, 0.5) is 16.3 Å². The highest BCUT2D eigenvalue weighted by Gasteiger charge is 2.30. The quantitative estimate of drug-likeness (QED) is 0.202. The van der Waals surface area contributed by atoms with Crippen LogP contribution in [0.2, 0.25) is 0 Å². The molecule has 0 aliphatic heterocycles. The molecular weight excluding hydrogens is 490 g/mol. The average molecular weight is 508 g/mol. The second kappa shape index (κ2) is 7.93. The predicted molar refractivity (Wildman–Crippen MR) is 110 cm³/mol. The summed E-state index contributed by atoms with van der Waals surface area (Å²) >= 11 is 2.05. The molecule has 0 radical (unpaired) electrons. The van der Waals surface area contributed by atoms with Gasteiger partial charge in [0.15, 0.2) is 5.82 Å². The first-order valence-electron chi connectivity index (χ1n) is 7.63. The second-order valence-corrected chi connectivity index (χ2v) is 8.54. The summed E-state index contributed by atoms with van der Waals surface area (Å²) in [4.78, 5) is 36.4. The third-order valence-corrected chi connectivity index (χ3v) is 5.30. The zero-order valence-electron chi connectivity index (χ0n) is 15.3. The lowest BCUT2D eigenvalue weighted by Gasteiger charge is -2.23. The lowest BCUT2D eigenvalue weighted by Crippen LogP contribution is -2.34. The van der Waals surface area contributed by atoms with Gasteiger partial charge in [-0.05, 0) is 48.9 Å².